The highest BCUT2D eigenvalue weighted by Crippen LogP contribution is 2.10. The fourth-order valence-electron chi connectivity index (χ4n) is 1.11. The zero-order valence-corrected chi connectivity index (χ0v) is 9.82. The molecule has 0 bridgehead atoms. The monoisotopic (exact) mass is 226 g/mol. The third-order valence-corrected chi connectivity index (χ3v) is 1.77. The summed E-state index contributed by atoms with van der Waals surface area (Å²) < 4.78 is 4.93. The molecule has 0 aliphatic heterocycles. The largest absolute Gasteiger partial charge is 0.389 e. The maximum Gasteiger partial charge on any atom is 0.158 e. The topological polar surface area (TPSA) is 93.3 Å². The van der Waals surface area contributed by atoms with Gasteiger partial charge in [-0.05, 0) is 13.8 Å². The summed E-state index contributed by atoms with van der Waals surface area (Å²) in [5.41, 5.74) is 4.82. The second kappa shape index (κ2) is 5.09. The molecule has 0 atom stereocenters. The van der Waals surface area contributed by atoms with Gasteiger partial charge in [0.05, 0.1) is 5.60 Å². The first-order valence-electron chi connectivity index (χ1n) is 4.99. The summed E-state index contributed by atoms with van der Waals surface area (Å²) in [4.78, 5) is 8.20. The van der Waals surface area contributed by atoms with Gasteiger partial charge in [-0.25, -0.2) is 9.97 Å². The summed E-state index contributed by atoms with van der Waals surface area (Å²) >= 11 is 0. The number of nitrogens with one attached hydrogen (secondary N) is 1. The number of methoxy groups -OCH3 is 1. The third-order valence-electron chi connectivity index (χ3n) is 1.77. The summed E-state index contributed by atoms with van der Waals surface area (Å²) in [5, 5.41) is 12.5. The van der Waals surface area contributed by atoms with Crippen LogP contribution in [0.4, 0.5) is 11.6 Å². The highest BCUT2D eigenvalue weighted by Gasteiger charge is 2.12. The lowest BCUT2D eigenvalue weighted by Crippen LogP contribution is -2.29. The van der Waals surface area contributed by atoms with Crippen LogP contribution in [0.25, 0.3) is 0 Å². The number of rotatable bonds is 5. The molecular weight excluding hydrogens is 208 g/mol. The average molecular weight is 226 g/mol. The minimum absolute atomic E-state index is 0.308. The van der Waals surface area contributed by atoms with Crippen LogP contribution in [0.2, 0.25) is 0 Å². The van der Waals surface area contributed by atoms with E-state index >= 15 is 0 Å². The van der Waals surface area contributed by atoms with Gasteiger partial charge >= 0.3 is 0 Å². The number of nitrogens with two attached hydrogens (primary N) is 1. The Morgan fingerprint density at radius 2 is 2.19 bits per heavy atom. The van der Waals surface area contributed by atoms with Crippen LogP contribution in [0.15, 0.2) is 6.07 Å². The number of nitrogen functional groups attached to an aromatic ring is 1. The van der Waals surface area contributed by atoms with Crippen LogP contribution in [0.1, 0.15) is 19.7 Å². The van der Waals surface area contributed by atoms with E-state index in [2.05, 4.69) is 15.3 Å². The van der Waals surface area contributed by atoms with Crippen molar-refractivity contribution in [3.63, 3.8) is 0 Å². The van der Waals surface area contributed by atoms with Crippen molar-refractivity contribution in [3.05, 3.63) is 11.9 Å². The maximum absolute atomic E-state index is 9.56. The van der Waals surface area contributed by atoms with E-state index in [0.29, 0.717) is 30.6 Å². The van der Waals surface area contributed by atoms with Gasteiger partial charge in [0.1, 0.15) is 18.2 Å². The van der Waals surface area contributed by atoms with Crippen LogP contribution in [0.3, 0.4) is 0 Å². The highest BCUT2D eigenvalue weighted by molar-refractivity contribution is 5.44. The van der Waals surface area contributed by atoms with E-state index < -0.39 is 5.60 Å². The molecule has 0 saturated carbocycles. The lowest BCUT2D eigenvalue weighted by atomic mass is 10.1. The Bertz CT molecular complexity index is 349. The smallest absolute Gasteiger partial charge is 0.158 e. The van der Waals surface area contributed by atoms with E-state index in [-0.39, 0.29) is 0 Å². The van der Waals surface area contributed by atoms with Crippen LogP contribution >= 0.6 is 0 Å². The van der Waals surface area contributed by atoms with Gasteiger partial charge in [0, 0.05) is 19.7 Å². The molecule has 0 aliphatic carbocycles. The van der Waals surface area contributed by atoms with Crippen molar-refractivity contribution in [2.45, 2.75) is 26.1 Å². The molecule has 0 saturated heterocycles. The summed E-state index contributed by atoms with van der Waals surface area (Å²) in [6.07, 6.45) is 0. The van der Waals surface area contributed by atoms with Crippen molar-refractivity contribution < 1.29 is 9.84 Å². The molecule has 4 N–H and O–H groups in total. The predicted octanol–water partition coefficient (Wildman–Crippen LogP) is 0.388. The van der Waals surface area contributed by atoms with E-state index in [0.717, 1.165) is 0 Å². The summed E-state index contributed by atoms with van der Waals surface area (Å²) in [6.45, 7) is 4.11. The van der Waals surface area contributed by atoms with Gasteiger partial charge in [-0.15, -0.1) is 0 Å². The molecule has 0 fully saturated rings. The molecule has 90 valence electrons. The van der Waals surface area contributed by atoms with Gasteiger partial charge in [0.15, 0.2) is 5.82 Å². The highest BCUT2D eigenvalue weighted by atomic mass is 16.5. The van der Waals surface area contributed by atoms with Gasteiger partial charge in [-0.3, -0.25) is 0 Å². The van der Waals surface area contributed by atoms with Gasteiger partial charge in [-0.2, -0.15) is 0 Å². The number of nitrogens with zero attached hydrogens (tertiary/aromatic N) is 2. The van der Waals surface area contributed by atoms with Crippen LogP contribution in [-0.4, -0.2) is 34.3 Å². The van der Waals surface area contributed by atoms with Gasteiger partial charge in [0.2, 0.25) is 0 Å². The predicted molar refractivity (Wildman–Crippen MR) is 61.9 cm³/mol. The molecule has 0 aliphatic rings. The quantitative estimate of drug-likeness (QED) is 0.672. The van der Waals surface area contributed by atoms with Gasteiger partial charge < -0.3 is 20.9 Å². The zero-order chi connectivity index (χ0) is 12.2. The molecule has 1 rings (SSSR count). The average Bonchev–Trinajstić information content (AvgIpc) is 2.13. The van der Waals surface area contributed by atoms with Gasteiger partial charge in [-0.1, -0.05) is 0 Å². The first-order valence-corrected chi connectivity index (χ1v) is 4.99. The first-order chi connectivity index (χ1) is 7.40. The minimum Gasteiger partial charge on any atom is -0.389 e. The maximum atomic E-state index is 9.56. The van der Waals surface area contributed by atoms with Crippen LogP contribution < -0.4 is 11.1 Å². The van der Waals surface area contributed by atoms with Crippen LogP contribution in [0.5, 0.6) is 0 Å². The molecule has 0 aromatic carbocycles. The van der Waals surface area contributed by atoms with Crippen molar-refractivity contribution in [2.24, 2.45) is 0 Å². The molecule has 1 heterocycles. The molecule has 1 aromatic rings. The molecule has 6 nitrogen and oxygen atoms in total. The minimum atomic E-state index is -0.804. The number of aliphatic hydroxyl groups is 1. The number of aromatic nitrogens is 2. The van der Waals surface area contributed by atoms with Crippen LogP contribution in [-0.2, 0) is 11.3 Å². The second-order valence-electron chi connectivity index (χ2n) is 4.19. The molecule has 0 unspecified atom stereocenters. The van der Waals surface area contributed by atoms with E-state index in [1.54, 1.807) is 27.0 Å². The SMILES string of the molecule is COCc1nc(N)cc(NCC(C)(C)O)n1. The lowest BCUT2D eigenvalue weighted by molar-refractivity contribution is 0.0944. The Balaban J connectivity index is 2.72. The van der Waals surface area contributed by atoms with Crippen molar-refractivity contribution in [3.8, 4) is 0 Å². The molecule has 0 radical (unpaired) electrons. The molecular formula is C10H18N4O2. The first kappa shape index (κ1) is 12.7. The summed E-state index contributed by atoms with van der Waals surface area (Å²) in [6, 6.07) is 1.62. The Morgan fingerprint density at radius 3 is 2.75 bits per heavy atom. The van der Waals surface area contributed by atoms with Crippen molar-refractivity contribution in [2.75, 3.05) is 24.7 Å². The normalized spacial score (nSPS) is 11.5. The van der Waals surface area contributed by atoms with Crippen molar-refractivity contribution in [1.82, 2.24) is 9.97 Å². The van der Waals surface area contributed by atoms with E-state index in [1.165, 1.54) is 0 Å². The van der Waals surface area contributed by atoms with E-state index in [1.807, 2.05) is 0 Å². The summed E-state index contributed by atoms with van der Waals surface area (Å²) in [5.74, 6) is 1.47. The Kier molecular flexibility index (Phi) is 4.03. The molecule has 1 aromatic heterocycles. The number of ether oxygens (including phenoxy) is 1. The molecule has 0 spiro atoms. The lowest BCUT2D eigenvalue weighted by Gasteiger charge is -2.18. The number of hydrogen-bond donors (Lipinski definition) is 3. The Hall–Kier alpha value is -1.40. The Labute approximate surface area is 94.9 Å². The van der Waals surface area contributed by atoms with Crippen LogP contribution in [0, 0.1) is 0 Å². The Morgan fingerprint density at radius 1 is 1.50 bits per heavy atom. The van der Waals surface area contributed by atoms with Gasteiger partial charge in [0.25, 0.3) is 0 Å². The fourth-order valence-corrected chi connectivity index (χ4v) is 1.11. The number of hydrogen-bond acceptors (Lipinski definition) is 6. The second-order valence-corrected chi connectivity index (χ2v) is 4.19. The van der Waals surface area contributed by atoms with Crippen molar-refractivity contribution >= 4 is 11.6 Å². The fraction of sp³-hybridized carbons (Fsp3) is 0.600. The van der Waals surface area contributed by atoms with E-state index in [9.17, 15) is 5.11 Å². The number of anilines is 2. The van der Waals surface area contributed by atoms with E-state index in [4.69, 9.17) is 10.5 Å². The molecule has 6 heteroatoms. The molecule has 16 heavy (non-hydrogen) atoms. The summed E-state index contributed by atoms with van der Waals surface area (Å²) in [7, 11) is 1.57. The standard InChI is InChI=1S/C10H18N4O2/c1-10(2,15)6-12-8-4-7(11)13-9(14-8)5-16-3/h4,15H,5-6H2,1-3H3,(H3,11,12,13,14). The zero-order valence-electron chi connectivity index (χ0n) is 9.82. The molecule has 0 amide bonds. The third kappa shape index (κ3) is 4.41. The van der Waals surface area contributed by atoms with Crippen molar-refractivity contribution in [1.29, 1.82) is 0 Å².